The number of anilines is 1. The number of nitrogens with zero attached hydrogens (tertiary/aromatic N) is 2. The molecule has 1 aliphatic heterocycles. The lowest BCUT2D eigenvalue weighted by atomic mass is 9.95. The number of aliphatic hydroxyl groups is 1. The van der Waals surface area contributed by atoms with Crippen LogP contribution in [0.1, 0.15) is 17.2 Å². The number of ketones is 1. The van der Waals surface area contributed by atoms with Crippen LogP contribution in [0.3, 0.4) is 0 Å². The van der Waals surface area contributed by atoms with E-state index < -0.39 is 35.6 Å². The number of Topliss-reactive ketones (excluding diaryl/α,β-unsaturated/α-hetero) is 1. The SMILES string of the molecule is COc1ccc(OC)c(/C(O)=C2\C(=O)C(=O)N(c3cccc(OC(F)(F)F)c3)C2c2cccnc2)c1. The van der Waals surface area contributed by atoms with E-state index in [0.717, 1.165) is 17.0 Å². The molecule has 1 unspecified atom stereocenters. The van der Waals surface area contributed by atoms with Gasteiger partial charge in [-0.15, -0.1) is 13.2 Å². The van der Waals surface area contributed by atoms with Crippen LogP contribution in [0.2, 0.25) is 0 Å². The zero-order chi connectivity index (χ0) is 26.0. The number of hydrogen-bond acceptors (Lipinski definition) is 7. The molecule has 1 fully saturated rings. The molecule has 0 saturated carbocycles. The van der Waals surface area contributed by atoms with Crippen LogP contribution in [0.15, 0.2) is 72.6 Å². The first-order valence-corrected chi connectivity index (χ1v) is 10.4. The lowest BCUT2D eigenvalue weighted by Crippen LogP contribution is -2.29. The molecule has 1 amide bonds. The van der Waals surface area contributed by atoms with Crippen molar-refractivity contribution in [1.82, 2.24) is 4.98 Å². The first-order valence-electron chi connectivity index (χ1n) is 10.4. The second-order valence-corrected chi connectivity index (χ2v) is 7.57. The van der Waals surface area contributed by atoms with E-state index in [0.29, 0.717) is 11.3 Å². The summed E-state index contributed by atoms with van der Waals surface area (Å²) >= 11 is 0. The third-order valence-corrected chi connectivity index (χ3v) is 5.44. The number of hydrogen-bond donors (Lipinski definition) is 1. The molecule has 1 aromatic heterocycles. The van der Waals surface area contributed by atoms with Gasteiger partial charge in [-0.2, -0.15) is 0 Å². The summed E-state index contributed by atoms with van der Waals surface area (Å²) < 4.78 is 52.9. The van der Waals surface area contributed by atoms with Gasteiger partial charge in [-0.3, -0.25) is 19.5 Å². The molecule has 186 valence electrons. The molecule has 1 atom stereocenters. The normalized spacial score (nSPS) is 17.2. The molecule has 0 spiro atoms. The molecule has 11 heteroatoms. The monoisotopic (exact) mass is 500 g/mol. The molecule has 4 rings (SSSR count). The van der Waals surface area contributed by atoms with Gasteiger partial charge < -0.3 is 19.3 Å². The number of amides is 1. The Morgan fingerprint density at radius 1 is 1.00 bits per heavy atom. The van der Waals surface area contributed by atoms with Crippen LogP contribution in [-0.2, 0) is 9.59 Å². The quantitative estimate of drug-likeness (QED) is 0.300. The van der Waals surface area contributed by atoms with Gasteiger partial charge >= 0.3 is 6.36 Å². The van der Waals surface area contributed by atoms with Gasteiger partial charge in [0, 0.05) is 24.1 Å². The maximum absolute atomic E-state index is 13.2. The molecule has 3 aromatic rings. The summed E-state index contributed by atoms with van der Waals surface area (Å²) in [6, 6.07) is 11.1. The van der Waals surface area contributed by atoms with E-state index in [1.807, 2.05) is 0 Å². The Hall–Kier alpha value is -4.54. The minimum Gasteiger partial charge on any atom is -0.507 e. The Bertz CT molecular complexity index is 1340. The topological polar surface area (TPSA) is 98.2 Å². The van der Waals surface area contributed by atoms with Crippen LogP contribution < -0.4 is 19.1 Å². The van der Waals surface area contributed by atoms with Crippen LogP contribution in [0.25, 0.3) is 5.76 Å². The zero-order valence-corrected chi connectivity index (χ0v) is 18.9. The second-order valence-electron chi connectivity index (χ2n) is 7.57. The lowest BCUT2D eigenvalue weighted by molar-refractivity contribution is -0.274. The predicted molar refractivity (Wildman–Crippen MR) is 122 cm³/mol. The smallest absolute Gasteiger partial charge is 0.507 e. The largest absolute Gasteiger partial charge is 0.573 e. The standard InChI is InChI=1S/C25H19F3N2O6/c1-34-16-8-9-19(35-2)18(12-16)22(31)20-21(14-5-4-10-29-13-14)30(24(33)23(20)32)15-6-3-7-17(11-15)36-25(26,27)28/h3-13,21,31H,1-2H3/b22-20+. The Balaban J connectivity index is 1.93. The second kappa shape index (κ2) is 9.61. The van der Waals surface area contributed by atoms with Gasteiger partial charge in [-0.1, -0.05) is 12.1 Å². The zero-order valence-electron chi connectivity index (χ0n) is 18.9. The first kappa shape index (κ1) is 24.6. The van der Waals surface area contributed by atoms with Crippen molar-refractivity contribution in [3.05, 3.63) is 83.7 Å². The average Bonchev–Trinajstić information content (AvgIpc) is 3.13. The molecule has 2 aromatic carbocycles. The van der Waals surface area contributed by atoms with Gasteiger partial charge in [-0.25, -0.2) is 0 Å². The van der Waals surface area contributed by atoms with Crippen molar-refractivity contribution in [3.63, 3.8) is 0 Å². The van der Waals surface area contributed by atoms with E-state index in [4.69, 9.17) is 9.47 Å². The average molecular weight is 500 g/mol. The fraction of sp³-hybridized carbons (Fsp3) is 0.160. The highest BCUT2D eigenvalue weighted by molar-refractivity contribution is 6.51. The minimum atomic E-state index is -4.96. The molecular weight excluding hydrogens is 481 g/mol. The van der Waals surface area contributed by atoms with Crippen LogP contribution in [0.4, 0.5) is 18.9 Å². The number of alkyl halides is 3. The van der Waals surface area contributed by atoms with Crippen molar-refractivity contribution in [2.75, 3.05) is 19.1 Å². The maximum atomic E-state index is 13.2. The molecule has 2 heterocycles. The Morgan fingerprint density at radius 2 is 1.78 bits per heavy atom. The number of benzene rings is 2. The summed E-state index contributed by atoms with van der Waals surface area (Å²) in [5, 5.41) is 11.3. The number of aromatic nitrogens is 1. The number of halogens is 3. The summed E-state index contributed by atoms with van der Waals surface area (Å²) in [7, 11) is 2.78. The van der Waals surface area contributed by atoms with Crippen molar-refractivity contribution >= 4 is 23.1 Å². The molecule has 36 heavy (non-hydrogen) atoms. The predicted octanol–water partition coefficient (Wildman–Crippen LogP) is 4.62. The Kier molecular flexibility index (Phi) is 6.56. The highest BCUT2D eigenvalue weighted by atomic mass is 19.4. The van der Waals surface area contributed by atoms with Gasteiger partial charge in [0.1, 0.15) is 23.0 Å². The summed E-state index contributed by atoms with van der Waals surface area (Å²) in [5.74, 6) is -2.69. The summed E-state index contributed by atoms with van der Waals surface area (Å²) in [5.41, 5.74) is 0.0613. The number of ether oxygens (including phenoxy) is 3. The summed E-state index contributed by atoms with van der Waals surface area (Å²) in [4.78, 5) is 31.5. The van der Waals surface area contributed by atoms with Crippen molar-refractivity contribution in [1.29, 1.82) is 0 Å². The third kappa shape index (κ3) is 4.67. The number of methoxy groups -OCH3 is 2. The molecule has 0 bridgehead atoms. The van der Waals surface area contributed by atoms with E-state index in [9.17, 15) is 27.9 Å². The fourth-order valence-corrected chi connectivity index (χ4v) is 3.93. The number of aliphatic hydroxyl groups excluding tert-OH is 1. The highest BCUT2D eigenvalue weighted by Gasteiger charge is 2.47. The molecule has 0 aliphatic carbocycles. The van der Waals surface area contributed by atoms with E-state index in [1.165, 1.54) is 50.9 Å². The van der Waals surface area contributed by atoms with Crippen LogP contribution in [0.5, 0.6) is 17.2 Å². The third-order valence-electron chi connectivity index (χ3n) is 5.44. The van der Waals surface area contributed by atoms with Crippen molar-refractivity contribution < 1.29 is 42.1 Å². The molecule has 1 saturated heterocycles. The van der Waals surface area contributed by atoms with Crippen molar-refractivity contribution in [3.8, 4) is 17.2 Å². The molecule has 1 aliphatic rings. The van der Waals surface area contributed by atoms with Crippen LogP contribution in [0, 0.1) is 0 Å². The van der Waals surface area contributed by atoms with Gasteiger partial charge in [-0.05, 0) is 42.0 Å². The minimum absolute atomic E-state index is 0.0515. The molecule has 8 nitrogen and oxygen atoms in total. The van der Waals surface area contributed by atoms with Crippen LogP contribution >= 0.6 is 0 Å². The number of carbonyl (C=O) groups is 2. The number of carbonyl (C=O) groups excluding carboxylic acids is 2. The summed E-state index contributed by atoms with van der Waals surface area (Å²) in [6.45, 7) is 0. The van der Waals surface area contributed by atoms with E-state index in [-0.39, 0.29) is 22.6 Å². The maximum Gasteiger partial charge on any atom is 0.573 e. The lowest BCUT2D eigenvalue weighted by Gasteiger charge is -2.25. The van der Waals surface area contributed by atoms with E-state index in [2.05, 4.69) is 9.72 Å². The summed E-state index contributed by atoms with van der Waals surface area (Å²) in [6.07, 6.45) is -2.10. The fourth-order valence-electron chi connectivity index (χ4n) is 3.93. The molecule has 0 radical (unpaired) electrons. The van der Waals surface area contributed by atoms with Gasteiger partial charge in [0.25, 0.3) is 11.7 Å². The molecular formula is C25H19F3N2O6. The van der Waals surface area contributed by atoms with Crippen molar-refractivity contribution in [2.45, 2.75) is 12.4 Å². The van der Waals surface area contributed by atoms with Gasteiger partial charge in [0.15, 0.2) is 0 Å². The van der Waals surface area contributed by atoms with Crippen LogP contribution in [-0.4, -0.2) is 42.4 Å². The highest BCUT2D eigenvalue weighted by Crippen LogP contribution is 2.44. The molecule has 1 N–H and O–H groups in total. The van der Waals surface area contributed by atoms with Gasteiger partial charge in [0.05, 0.1) is 31.4 Å². The Labute approximate surface area is 203 Å². The van der Waals surface area contributed by atoms with E-state index in [1.54, 1.807) is 18.2 Å². The number of pyridine rings is 1. The Morgan fingerprint density at radius 3 is 2.42 bits per heavy atom. The number of rotatable bonds is 6. The van der Waals surface area contributed by atoms with Crippen molar-refractivity contribution in [2.24, 2.45) is 0 Å². The van der Waals surface area contributed by atoms with Gasteiger partial charge in [0.2, 0.25) is 0 Å². The van der Waals surface area contributed by atoms with E-state index >= 15 is 0 Å². The first-order chi connectivity index (χ1) is 17.1.